The molecule has 3 heterocycles. The Morgan fingerprint density at radius 2 is 1.81 bits per heavy atom. The van der Waals surface area contributed by atoms with Crippen LogP contribution in [0.1, 0.15) is 49.4 Å². The molecule has 274 valence electrons. The van der Waals surface area contributed by atoms with E-state index < -0.39 is 35.9 Å². The molecule has 2 amide bonds. The molecule has 0 bridgehead atoms. The van der Waals surface area contributed by atoms with Crippen molar-refractivity contribution in [3.63, 3.8) is 0 Å². The van der Waals surface area contributed by atoms with E-state index in [-0.39, 0.29) is 42.7 Å². The minimum atomic E-state index is -4.98. The van der Waals surface area contributed by atoms with E-state index in [1.807, 2.05) is 48.0 Å². The number of nitrogens with zero attached hydrogens (tertiary/aromatic N) is 3. The Kier molecular flexibility index (Phi) is 11.2. The highest BCUT2D eigenvalue weighted by Gasteiger charge is 2.44. The highest BCUT2D eigenvalue weighted by atomic mass is 19.4. The highest BCUT2D eigenvalue weighted by molar-refractivity contribution is 5.95. The van der Waals surface area contributed by atoms with Crippen LogP contribution in [0.3, 0.4) is 0 Å². The summed E-state index contributed by atoms with van der Waals surface area (Å²) in [4.78, 5) is 32.4. The van der Waals surface area contributed by atoms with Crippen molar-refractivity contribution in [3.8, 4) is 11.5 Å². The smallest absolute Gasteiger partial charge is 0.491 e. The maximum Gasteiger partial charge on any atom is 0.573 e. The van der Waals surface area contributed by atoms with Crippen molar-refractivity contribution in [2.75, 3.05) is 19.8 Å². The zero-order valence-corrected chi connectivity index (χ0v) is 28.7. The maximum atomic E-state index is 13.5. The number of alkyl halides is 3. The van der Waals surface area contributed by atoms with Crippen LogP contribution in [0.4, 0.5) is 18.0 Å². The molecule has 2 aliphatic rings. The number of allylic oxidation sites excluding steroid dienone is 1. The summed E-state index contributed by atoms with van der Waals surface area (Å²) < 4.78 is 70.2. The number of hydrogen-bond acceptors (Lipinski definition) is 8. The molecule has 14 heteroatoms. The molecule has 6 rings (SSSR count). The molecular formula is C38H39F3N4O7. The zero-order chi connectivity index (χ0) is 36.7. The minimum Gasteiger partial charge on any atom is -0.491 e. The number of carbonyl (C=O) groups excluding carboxylic acids is 2. The second-order valence-corrected chi connectivity index (χ2v) is 12.4. The van der Waals surface area contributed by atoms with Crippen molar-refractivity contribution in [1.29, 1.82) is 0 Å². The van der Waals surface area contributed by atoms with Crippen molar-refractivity contribution < 1.29 is 46.4 Å². The molecule has 0 saturated carbocycles. The summed E-state index contributed by atoms with van der Waals surface area (Å²) in [5.41, 5.74) is 1.81. The lowest BCUT2D eigenvalue weighted by Gasteiger charge is -2.36. The Morgan fingerprint density at radius 3 is 2.52 bits per heavy atom. The number of unbranched alkanes of at least 4 members (excludes halogenated alkanes) is 1. The molecule has 1 N–H and O–H groups in total. The summed E-state index contributed by atoms with van der Waals surface area (Å²) in [6, 6.07) is 20.3. The molecule has 11 nitrogen and oxygen atoms in total. The topological polar surface area (TPSA) is 113 Å². The zero-order valence-electron chi connectivity index (χ0n) is 28.7. The average molecular weight is 721 g/mol. The van der Waals surface area contributed by atoms with Crippen LogP contribution in [-0.4, -0.2) is 58.7 Å². The second kappa shape index (κ2) is 15.9. The van der Waals surface area contributed by atoms with Gasteiger partial charge in [-0.05, 0) is 37.1 Å². The lowest BCUT2D eigenvalue weighted by atomic mass is 9.94. The van der Waals surface area contributed by atoms with E-state index in [0.29, 0.717) is 30.9 Å². The van der Waals surface area contributed by atoms with Crippen LogP contribution in [-0.2, 0) is 37.9 Å². The second-order valence-electron chi connectivity index (χ2n) is 12.4. The van der Waals surface area contributed by atoms with Gasteiger partial charge in [0.05, 0.1) is 44.2 Å². The van der Waals surface area contributed by atoms with Crippen LogP contribution < -0.4 is 14.8 Å². The number of imidazole rings is 1. The van der Waals surface area contributed by atoms with Crippen LogP contribution in [0.5, 0.6) is 11.5 Å². The minimum absolute atomic E-state index is 0.00674. The number of nitrogens with one attached hydrogen (secondary N) is 1. The predicted molar refractivity (Wildman–Crippen MR) is 182 cm³/mol. The molecule has 0 aliphatic carbocycles. The quantitative estimate of drug-likeness (QED) is 0.109. The van der Waals surface area contributed by atoms with Crippen LogP contribution in [0.25, 0.3) is 0 Å². The van der Waals surface area contributed by atoms with Gasteiger partial charge in [0.1, 0.15) is 24.2 Å². The van der Waals surface area contributed by atoms with E-state index in [1.165, 1.54) is 23.1 Å². The summed E-state index contributed by atoms with van der Waals surface area (Å²) in [5, 5.41) is 2.70. The molecule has 1 saturated heterocycles. The largest absolute Gasteiger partial charge is 0.573 e. The van der Waals surface area contributed by atoms with Crippen LogP contribution in [0.2, 0.25) is 0 Å². The van der Waals surface area contributed by atoms with Crippen molar-refractivity contribution in [3.05, 3.63) is 126 Å². The summed E-state index contributed by atoms with van der Waals surface area (Å²) in [5.74, 6) is -1.72. The first-order chi connectivity index (χ1) is 25.0. The lowest BCUT2D eigenvalue weighted by Crippen LogP contribution is -2.47. The predicted octanol–water partition coefficient (Wildman–Crippen LogP) is 7.01. The molecule has 1 unspecified atom stereocenters. The summed E-state index contributed by atoms with van der Waals surface area (Å²) in [6.07, 6.45) is 1.27. The number of urea groups is 1. The van der Waals surface area contributed by atoms with Crippen LogP contribution in [0.15, 0.2) is 109 Å². The first-order valence-electron chi connectivity index (χ1n) is 16.9. The first kappa shape index (κ1) is 36.5. The van der Waals surface area contributed by atoms with E-state index in [4.69, 9.17) is 18.9 Å². The summed E-state index contributed by atoms with van der Waals surface area (Å²) in [6.45, 7) is 4.62. The van der Waals surface area contributed by atoms with Gasteiger partial charge >= 0.3 is 18.4 Å². The third kappa shape index (κ3) is 8.57. The van der Waals surface area contributed by atoms with Gasteiger partial charge in [0.25, 0.3) is 0 Å². The third-order valence-electron chi connectivity index (χ3n) is 8.73. The van der Waals surface area contributed by atoms with Gasteiger partial charge in [-0.1, -0.05) is 74.0 Å². The normalized spacial score (nSPS) is 20.5. The van der Waals surface area contributed by atoms with Crippen molar-refractivity contribution in [2.24, 2.45) is 0 Å². The fourth-order valence-corrected chi connectivity index (χ4v) is 6.14. The molecule has 1 aromatic heterocycles. The summed E-state index contributed by atoms with van der Waals surface area (Å²) >= 11 is 0. The fraction of sp³-hybridized carbons (Fsp3) is 0.342. The van der Waals surface area contributed by atoms with Gasteiger partial charge in [-0.15, -0.1) is 13.2 Å². The number of para-hydroxylation sites is 1. The van der Waals surface area contributed by atoms with E-state index >= 15 is 0 Å². The monoisotopic (exact) mass is 720 g/mol. The number of rotatable bonds is 14. The Hall–Kier alpha value is -5.34. The molecule has 2 aliphatic heterocycles. The van der Waals surface area contributed by atoms with Gasteiger partial charge in [-0.3, -0.25) is 4.90 Å². The standard InChI is InChI=1S/C38H39F3N4O7/c1-3-4-20-48-35(46)33-26(2)45(36(47)43-34(33)31-12-8-9-13-32(31)52-38(39,40)41)21-27-14-16-29(17-15-27)49-22-30-23-50-37(51-30,24-44-19-18-42-25-44)28-10-6-5-7-11-28/h5-19,25,30,34H,3-4,20-24H2,1-2H3,(H,43,47)/t30-,34?,37-/m1/s1. The van der Waals surface area contributed by atoms with Crippen molar-refractivity contribution >= 4 is 12.0 Å². The van der Waals surface area contributed by atoms with E-state index in [1.54, 1.807) is 43.7 Å². The Balaban J connectivity index is 1.15. The van der Waals surface area contributed by atoms with Crippen molar-refractivity contribution in [2.45, 2.75) is 64.1 Å². The number of benzene rings is 3. The van der Waals surface area contributed by atoms with Gasteiger partial charge in [-0.25, -0.2) is 14.6 Å². The van der Waals surface area contributed by atoms with Gasteiger partial charge in [0.2, 0.25) is 5.79 Å². The fourth-order valence-electron chi connectivity index (χ4n) is 6.14. The van der Waals surface area contributed by atoms with E-state index in [0.717, 1.165) is 18.1 Å². The Bertz CT molecular complexity index is 1850. The number of hydrogen-bond donors (Lipinski definition) is 1. The number of halogens is 3. The molecular weight excluding hydrogens is 681 g/mol. The lowest BCUT2D eigenvalue weighted by molar-refractivity contribution is -0.275. The number of carbonyl (C=O) groups is 2. The van der Waals surface area contributed by atoms with Gasteiger partial charge in [-0.2, -0.15) is 0 Å². The molecule has 0 spiro atoms. The van der Waals surface area contributed by atoms with E-state index in [2.05, 4.69) is 15.0 Å². The number of ether oxygens (including phenoxy) is 5. The molecule has 3 aromatic carbocycles. The Morgan fingerprint density at radius 1 is 1.06 bits per heavy atom. The van der Waals surface area contributed by atoms with Crippen LogP contribution in [0, 0.1) is 0 Å². The summed E-state index contributed by atoms with van der Waals surface area (Å²) in [7, 11) is 0. The average Bonchev–Trinajstić information content (AvgIpc) is 3.80. The van der Waals surface area contributed by atoms with Gasteiger partial charge in [0, 0.05) is 29.2 Å². The Labute approximate surface area is 298 Å². The maximum absolute atomic E-state index is 13.5. The van der Waals surface area contributed by atoms with E-state index in [9.17, 15) is 22.8 Å². The van der Waals surface area contributed by atoms with Crippen molar-refractivity contribution in [1.82, 2.24) is 19.8 Å². The number of amides is 2. The molecule has 3 atom stereocenters. The number of esters is 1. The number of aromatic nitrogens is 2. The molecule has 0 radical (unpaired) electrons. The molecule has 1 fully saturated rings. The highest BCUT2D eigenvalue weighted by Crippen LogP contribution is 2.39. The van der Waals surface area contributed by atoms with Crippen LogP contribution >= 0.6 is 0 Å². The third-order valence-corrected chi connectivity index (χ3v) is 8.73. The SMILES string of the molecule is CCCCOC(=O)C1=C(C)N(Cc2ccc(OC[C@@H]3CO[C@@](Cn4ccnc4)(c4ccccc4)O3)cc2)C(=O)NC1c1ccccc1OC(F)(F)F. The van der Waals surface area contributed by atoms with Gasteiger partial charge in [0.15, 0.2) is 0 Å². The molecule has 4 aromatic rings. The first-order valence-corrected chi connectivity index (χ1v) is 16.9. The molecule has 52 heavy (non-hydrogen) atoms. The van der Waals surface area contributed by atoms with Gasteiger partial charge < -0.3 is 33.6 Å².